The first-order valence-corrected chi connectivity index (χ1v) is 12.6. The molecule has 1 aromatic carbocycles. The zero-order chi connectivity index (χ0) is 27.7. The molecule has 14 heteroatoms. The summed E-state index contributed by atoms with van der Waals surface area (Å²) in [5.41, 5.74) is 0.425. The van der Waals surface area contributed by atoms with Gasteiger partial charge in [0.15, 0.2) is 23.6 Å². The van der Waals surface area contributed by atoms with Crippen molar-refractivity contribution < 1.29 is 42.2 Å². The molecule has 39 heavy (non-hydrogen) atoms. The molecule has 2 fully saturated rings. The van der Waals surface area contributed by atoms with Crippen LogP contribution < -0.4 is 5.32 Å². The minimum atomic E-state index is -1.62. The third kappa shape index (κ3) is 5.69. The number of esters is 1. The normalized spacial score (nSPS) is 26.1. The van der Waals surface area contributed by atoms with Gasteiger partial charge in [0.2, 0.25) is 0 Å². The van der Waals surface area contributed by atoms with E-state index >= 15 is 0 Å². The Balaban J connectivity index is 1.44. The quantitative estimate of drug-likeness (QED) is 0.293. The highest BCUT2D eigenvalue weighted by Gasteiger charge is 2.49. The zero-order valence-corrected chi connectivity index (χ0v) is 21.0. The number of piperidine rings is 1. The number of hydrogen-bond acceptors (Lipinski definition) is 10. The van der Waals surface area contributed by atoms with E-state index in [0.29, 0.717) is 5.69 Å². The van der Waals surface area contributed by atoms with Crippen molar-refractivity contribution in [3.05, 3.63) is 53.3 Å². The third-order valence-electron chi connectivity index (χ3n) is 7.09. The molecule has 3 aromatic rings. The summed E-state index contributed by atoms with van der Waals surface area (Å²) >= 11 is 0. The van der Waals surface area contributed by atoms with Gasteiger partial charge in [0, 0.05) is 30.9 Å². The molecule has 5 unspecified atom stereocenters. The van der Waals surface area contributed by atoms with Crippen molar-refractivity contribution in [2.24, 2.45) is 0 Å². The second-order valence-corrected chi connectivity index (χ2v) is 9.74. The van der Waals surface area contributed by atoms with Crippen LogP contribution in [0.4, 0.5) is 13.2 Å². The summed E-state index contributed by atoms with van der Waals surface area (Å²) in [6.07, 6.45) is -1.27. The molecule has 2 saturated heterocycles. The van der Waals surface area contributed by atoms with Gasteiger partial charge in [-0.2, -0.15) is 0 Å². The monoisotopic (exact) mass is 551 g/mol. The number of halogens is 3. The van der Waals surface area contributed by atoms with Crippen LogP contribution in [-0.2, 0) is 20.7 Å². The zero-order valence-electron chi connectivity index (χ0n) is 21.0. The Hall–Kier alpha value is -3.33. The van der Waals surface area contributed by atoms with E-state index < -0.39 is 60.5 Å². The standard InChI is InChI=1S/C25H28F3N5O6/c1-12(35)37-25-20(9-15-8-19(39-31-15)13-2-4-29-5-3-13)38-21(11-34)24(36)23(25)33-10-18(30-32-33)14-6-16(26)22(28)17(27)7-14/h6-8,10,13,20-21,23-25,29,34,36H,2-5,9,11H2,1H3. The molecule has 0 aliphatic carbocycles. The van der Waals surface area contributed by atoms with Crippen molar-refractivity contribution in [3.8, 4) is 11.3 Å². The van der Waals surface area contributed by atoms with Gasteiger partial charge in [-0.3, -0.25) is 4.79 Å². The van der Waals surface area contributed by atoms with E-state index in [4.69, 9.17) is 14.0 Å². The van der Waals surface area contributed by atoms with Crippen LogP contribution in [0.15, 0.2) is 28.9 Å². The molecule has 0 bridgehead atoms. The summed E-state index contributed by atoms with van der Waals surface area (Å²) in [7, 11) is 0. The Morgan fingerprint density at radius 2 is 1.90 bits per heavy atom. The van der Waals surface area contributed by atoms with Crippen molar-refractivity contribution in [1.82, 2.24) is 25.5 Å². The number of aliphatic hydroxyl groups excluding tert-OH is 2. The maximum Gasteiger partial charge on any atom is 0.303 e. The molecule has 0 spiro atoms. The number of nitrogens with one attached hydrogen (secondary N) is 1. The number of rotatable bonds is 7. The molecule has 0 radical (unpaired) electrons. The highest BCUT2D eigenvalue weighted by atomic mass is 19.2. The Morgan fingerprint density at radius 3 is 2.56 bits per heavy atom. The summed E-state index contributed by atoms with van der Waals surface area (Å²) in [4.78, 5) is 12.1. The summed E-state index contributed by atoms with van der Waals surface area (Å²) in [6, 6.07) is 2.25. The molecule has 3 N–H and O–H groups in total. The molecular weight excluding hydrogens is 523 g/mol. The molecule has 4 heterocycles. The van der Waals surface area contributed by atoms with Crippen LogP contribution in [0.3, 0.4) is 0 Å². The number of hydrogen-bond donors (Lipinski definition) is 3. The largest absolute Gasteiger partial charge is 0.457 e. The molecular formula is C25H28F3N5O6. The van der Waals surface area contributed by atoms with Gasteiger partial charge in [-0.25, -0.2) is 17.9 Å². The molecule has 2 aliphatic rings. The van der Waals surface area contributed by atoms with Crippen molar-refractivity contribution in [1.29, 1.82) is 0 Å². The van der Waals surface area contributed by atoms with Gasteiger partial charge in [-0.05, 0) is 38.1 Å². The number of aromatic nitrogens is 4. The van der Waals surface area contributed by atoms with Gasteiger partial charge in [0.1, 0.15) is 35.8 Å². The number of benzene rings is 1. The Morgan fingerprint density at radius 1 is 1.18 bits per heavy atom. The van der Waals surface area contributed by atoms with Crippen LogP contribution in [0.25, 0.3) is 11.3 Å². The van der Waals surface area contributed by atoms with E-state index in [-0.39, 0.29) is 23.6 Å². The summed E-state index contributed by atoms with van der Waals surface area (Å²) in [5.74, 6) is -4.13. The number of carbonyl (C=O) groups excluding carboxylic acids is 1. The van der Waals surface area contributed by atoms with Gasteiger partial charge < -0.3 is 29.5 Å². The minimum Gasteiger partial charge on any atom is -0.457 e. The lowest BCUT2D eigenvalue weighted by atomic mass is 9.89. The highest BCUT2D eigenvalue weighted by Crippen LogP contribution is 2.35. The molecule has 2 aromatic heterocycles. The Kier molecular flexibility index (Phi) is 7.98. The fourth-order valence-electron chi connectivity index (χ4n) is 5.16. The lowest BCUT2D eigenvalue weighted by molar-refractivity contribution is -0.217. The summed E-state index contributed by atoms with van der Waals surface area (Å²) in [6.45, 7) is 2.38. The van der Waals surface area contributed by atoms with Crippen LogP contribution in [0.5, 0.6) is 0 Å². The second-order valence-electron chi connectivity index (χ2n) is 9.74. The van der Waals surface area contributed by atoms with Crippen molar-refractivity contribution in [2.75, 3.05) is 19.7 Å². The molecule has 5 atom stereocenters. The number of aliphatic hydroxyl groups is 2. The topological polar surface area (TPSA) is 145 Å². The first-order chi connectivity index (χ1) is 18.7. The summed E-state index contributed by atoms with van der Waals surface area (Å²) in [5, 5.41) is 36.3. The number of carbonyl (C=O) groups is 1. The lowest BCUT2D eigenvalue weighted by Gasteiger charge is -2.43. The van der Waals surface area contributed by atoms with Gasteiger partial charge in [-0.1, -0.05) is 10.4 Å². The van der Waals surface area contributed by atoms with Crippen molar-refractivity contribution in [2.45, 2.75) is 62.6 Å². The van der Waals surface area contributed by atoms with Gasteiger partial charge in [0.05, 0.1) is 18.5 Å². The Labute approximate surface area is 220 Å². The number of nitrogens with zero attached hydrogens (tertiary/aromatic N) is 4. The van der Waals surface area contributed by atoms with E-state index in [1.165, 1.54) is 17.8 Å². The van der Waals surface area contributed by atoms with E-state index in [0.717, 1.165) is 43.8 Å². The average Bonchev–Trinajstić information content (AvgIpc) is 3.59. The minimum absolute atomic E-state index is 0.0201. The lowest BCUT2D eigenvalue weighted by Crippen LogP contribution is -2.57. The first-order valence-electron chi connectivity index (χ1n) is 12.6. The van der Waals surface area contributed by atoms with Crippen LogP contribution >= 0.6 is 0 Å². The van der Waals surface area contributed by atoms with E-state index in [9.17, 15) is 28.2 Å². The fourth-order valence-corrected chi connectivity index (χ4v) is 5.16. The predicted octanol–water partition coefficient (Wildman–Crippen LogP) is 1.65. The first kappa shape index (κ1) is 27.2. The summed E-state index contributed by atoms with van der Waals surface area (Å²) < 4.78 is 59.3. The van der Waals surface area contributed by atoms with Crippen molar-refractivity contribution >= 4 is 5.97 Å². The van der Waals surface area contributed by atoms with E-state index in [1.54, 1.807) is 0 Å². The molecule has 11 nitrogen and oxygen atoms in total. The van der Waals surface area contributed by atoms with Gasteiger partial charge >= 0.3 is 5.97 Å². The molecule has 2 aliphatic heterocycles. The molecule has 5 rings (SSSR count). The van der Waals surface area contributed by atoms with E-state index in [1.807, 2.05) is 6.07 Å². The van der Waals surface area contributed by atoms with Crippen LogP contribution in [-0.4, -0.2) is 80.4 Å². The maximum atomic E-state index is 13.8. The van der Waals surface area contributed by atoms with Gasteiger partial charge in [-0.15, -0.1) is 5.10 Å². The fraction of sp³-hybridized carbons (Fsp3) is 0.520. The molecule has 210 valence electrons. The predicted molar refractivity (Wildman–Crippen MR) is 127 cm³/mol. The van der Waals surface area contributed by atoms with Crippen LogP contribution in [0.2, 0.25) is 0 Å². The molecule has 0 amide bonds. The van der Waals surface area contributed by atoms with E-state index in [2.05, 4.69) is 20.8 Å². The second kappa shape index (κ2) is 11.4. The van der Waals surface area contributed by atoms with Crippen LogP contribution in [0.1, 0.15) is 43.2 Å². The number of ether oxygens (including phenoxy) is 2. The maximum absolute atomic E-state index is 13.8. The molecule has 0 saturated carbocycles. The smallest absolute Gasteiger partial charge is 0.303 e. The average molecular weight is 552 g/mol. The highest BCUT2D eigenvalue weighted by molar-refractivity contribution is 5.66. The van der Waals surface area contributed by atoms with Gasteiger partial charge in [0.25, 0.3) is 0 Å². The SMILES string of the molecule is CC(=O)OC1C(Cc2cc(C3CCNCC3)on2)OC(CO)C(O)C1n1cc(-c2cc(F)c(F)c(F)c2)nn1. The Bertz CT molecular complexity index is 1290. The third-order valence-corrected chi connectivity index (χ3v) is 7.09. The van der Waals surface area contributed by atoms with Crippen molar-refractivity contribution in [3.63, 3.8) is 0 Å². The van der Waals surface area contributed by atoms with Crippen LogP contribution in [0, 0.1) is 17.5 Å².